The summed E-state index contributed by atoms with van der Waals surface area (Å²) in [6.45, 7) is 4.98. The first-order valence-electron chi connectivity index (χ1n) is 8.34. The lowest BCUT2D eigenvalue weighted by Crippen LogP contribution is -2.11. The van der Waals surface area contributed by atoms with Gasteiger partial charge in [0.25, 0.3) is 0 Å². The van der Waals surface area contributed by atoms with Gasteiger partial charge in [-0.25, -0.2) is 0 Å². The molecule has 2 N–H and O–H groups in total. The zero-order chi connectivity index (χ0) is 17.6. The lowest BCUT2D eigenvalue weighted by atomic mass is 10.1. The van der Waals surface area contributed by atoms with E-state index in [2.05, 4.69) is 48.7 Å². The van der Waals surface area contributed by atoms with Crippen molar-refractivity contribution in [2.24, 2.45) is 5.73 Å². The molecule has 3 heteroatoms. The van der Waals surface area contributed by atoms with Crippen LogP contribution in [0.5, 0.6) is 0 Å². The van der Waals surface area contributed by atoms with Crippen LogP contribution in [0.1, 0.15) is 27.0 Å². The minimum atomic E-state index is -0.409. The van der Waals surface area contributed by atoms with Gasteiger partial charge in [-0.3, -0.25) is 4.79 Å². The Hall–Kier alpha value is -3.07. The second-order valence-electron chi connectivity index (χ2n) is 6.50. The zero-order valence-electron chi connectivity index (χ0n) is 14.3. The quantitative estimate of drug-likeness (QED) is 0.597. The lowest BCUT2D eigenvalue weighted by molar-refractivity contribution is 0.100. The number of nitrogens with two attached hydrogens (primary N) is 1. The smallest absolute Gasteiger partial charge is 0.249 e. The number of benzene rings is 3. The fraction of sp³-hybridized carbons (Fsp3) is 0.136. The van der Waals surface area contributed by atoms with Crippen LogP contribution in [-0.4, -0.2) is 10.5 Å². The van der Waals surface area contributed by atoms with Gasteiger partial charge < -0.3 is 10.3 Å². The average Bonchev–Trinajstić information content (AvgIpc) is 2.92. The van der Waals surface area contributed by atoms with E-state index < -0.39 is 5.91 Å². The van der Waals surface area contributed by atoms with Gasteiger partial charge in [0.05, 0.1) is 11.0 Å². The van der Waals surface area contributed by atoms with Crippen molar-refractivity contribution in [2.75, 3.05) is 0 Å². The highest BCUT2D eigenvalue weighted by Crippen LogP contribution is 2.32. The Balaban J connectivity index is 2.00. The Morgan fingerprint density at radius 2 is 1.84 bits per heavy atom. The molecule has 1 aromatic heterocycles. The Morgan fingerprint density at radius 1 is 1.04 bits per heavy atom. The molecule has 3 nitrogen and oxygen atoms in total. The van der Waals surface area contributed by atoms with E-state index in [1.807, 2.05) is 24.3 Å². The number of nitrogens with zero attached hydrogens (tertiary/aromatic N) is 1. The minimum Gasteiger partial charge on any atom is -0.366 e. The highest BCUT2D eigenvalue weighted by molar-refractivity contribution is 6.17. The summed E-state index contributed by atoms with van der Waals surface area (Å²) in [5, 5.41) is 1.82. The standard InChI is InChI=1S/C22H19N2O/c1-14-10-11-16(12-15(14)2)13-24-19-8-4-3-6-17(19)21-18(22(23)25)7-5-9-20(21)24/h3-5,7-12H,13H2,1-2H3,(H2,23,25). The summed E-state index contributed by atoms with van der Waals surface area (Å²) in [7, 11) is 0. The Bertz CT molecular complexity index is 1120. The monoisotopic (exact) mass is 327 g/mol. The highest BCUT2D eigenvalue weighted by atomic mass is 16.1. The number of primary amides is 1. The van der Waals surface area contributed by atoms with Gasteiger partial charge in [0.2, 0.25) is 5.91 Å². The van der Waals surface area contributed by atoms with E-state index >= 15 is 0 Å². The molecule has 1 heterocycles. The van der Waals surface area contributed by atoms with E-state index in [9.17, 15) is 4.79 Å². The number of fused-ring (bicyclic) bond motifs is 3. The highest BCUT2D eigenvalue weighted by Gasteiger charge is 2.16. The van der Waals surface area contributed by atoms with Crippen molar-refractivity contribution in [2.45, 2.75) is 20.4 Å². The molecule has 0 aliphatic heterocycles. The number of aryl methyl sites for hydroxylation is 2. The number of hydrogen-bond acceptors (Lipinski definition) is 1. The van der Waals surface area contributed by atoms with Crippen LogP contribution in [0.15, 0.2) is 54.6 Å². The molecular weight excluding hydrogens is 308 g/mol. The second kappa shape index (κ2) is 5.78. The summed E-state index contributed by atoms with van der Waals surface area (Å²) in [5.41, 5.74) is 12.0. The molecule has 0 saturated heterocycles. The Kier molecular flexibility index (Phi) is 3.57. The number of amides is 1. The molecule has 3 aromatic carbocycles. The van der Waals surface area contributed by atoms with Crippen LogP contribution >= 0.6 is 0 Å². The minimum absolute atomic E-state index is 0.409. The SMILES string of the molecule is Cc1ccc(Cn2c3ccc[c]c3c3c(C(N)=O)cccc32)cc1C. The molecule has 25 heavy (non-hydrogen) atoms. The summed E-state index contributed by atoms with van der Waals surface area (Å²) in [5.74, 6) is -0.409. The lowest BCUT2D eigenvalue weighted by Gasteiger charge is -2.10. The molecule has 123 valence electrons. The summed E-state index contributed by atoms with van der Waals surface area (Å²) in [4.78, 5) is 11.9. The molecule has 1 amide bonds. The van der Waals surface area contributed by atoms with Crippen LogP contribution in [0.2, 0.25) is 0 Å². The maximum atomic E-state index is 11.9. The van der Waals surface area contributed by atoms with Crippen LogP contribution in [0, 0.1) is 19.9 Å². The molecule has 0 saturated carbocycles. The molecule has 0 fully saturated rings. The van der Waals surface area contributed by atoms with Gasteiger partial charge >= 0.3 is 0 Å². The van der Waals surface area contributed by atoms with Gasteiger partial charge in [-0.15, -0.1) is 0 Å². The summed E-state index contributed by atoms with van der Waals surface area (Å²) in [6.07, 6.45) is 0. The number of aromatic nitrogens is 1. The van der Waals surface area contributed by atoms with Crippen molar-refractivity contribution in [3.8, 4) is 0 Å². The number of carbonyl (C=O) groups excluding carboxylic acids is 1. The van der Waals surface area contributed by atoms with E-state index in [1.54, 1.807) is 6.07 Å². The van der Waals surface area contributed by atoms with E-state index in [4.69, 9.17) is 5.73 Å². The van der Waals surface area contributed by atoms with E-state index in [-0.39, 0.29) is 0 Å². The molecule has 4 aromatic rings. The maximum absolute atomic E-state index is 11.9. The van der Waals surface area contributed by atoms with Gasteiger partial charge in [-0.05, 0) is 54.8 Å². The number of hydrogen-bond donors (Lipinski definition) is 1. The molecule has 4 rings (SSSR count). The summed E-state index contributed by atoms with van der Waals surface area (Å²) < 4.78 is 2.23. The largest absolute Gasteiger partial charge is 0.366 e. The number of carbonyl (C=O) groups is 1. The van der Waals surface area contributed by atoms with Crippen molar-refractivity contribution in [1.82, 2.24) is 4.57 Å². The van der Waals surface area contributed by atoms with Crippen molar-refractivity contribution < 1.29 is 4.79 Å². The van der Waals surface area contributed by atoms with Gasteiger partial charge in [-0.2, -0.15) is 0 Å². The first kappa shape index (κ1) is 15.5. The van der Waals surface area contributed by atoms with Crippen LogP contribution in [0.4, 0.5) is 0 Å². The number of rotatable bonds is 3. The molecule has 0 aliphatic carbocycles. The molecule has 0 atom stereocenters. The van der Waals surface area contributed by atoms with Gasteiger partial charge in [0, 0.05) is 22.9 Å². The molecule has 0 bridgehead atoms. The molecular formula is C22H19N2O. The van der Waals surface area contributed by atoms with Gasteiger partial charge in [-0.1, -0.05) is 36.4 Å². The zero-order valence-corrected chi connectivity index (χ0v) is 14.3. The normalized spacial score (nSPS) is 11.3. The van der Waals surface area contributed by atoms with Gasteiger partial charge in [0.1, 0.15) is 0 Å². The average molecular weight is 327 g/mol. The van der Waals surface area contributed by atoms with Gasteiger partial charge in [0.15, 0.2) is 0 Å². The van der Waals surface area contributed by atoms with Crippen molar-refractivity contribution in [3.63, 3.8) is 0 Å². The summed E-state index contributed by atoms with van der Waals surface area (Å²) >= 11 is 0. The molecule has 0 unspecified atom stereocenters. The molecule has 0 spiro atoms. The Labute approximate surface area is 146 Å². The topological polar surface area (TPSA) is 48.0 Å². The fourth-order valence-corrected chi connectivity index (χ4v) is 3.47. The molecule has 1 radical (unpaired) electrons. The van der Waals surface area contributed by atoms with Crippen molar-refractivity contribution in [1.29, 1.82) is 0 Å². The van der Waals surface area contributed by atoms with E-state index in [0.29, 0.717) is 5.56 Å². The first-order valence-corrected chi connectivity index (χ1v) is 8.34. The van der Waals surface area contributed by atoms with Crippen LogP contribution < -0.4 is 5.73 Å². The predicted octanol–water partition coefficient (Wildman–Crippen LogP) is 4.36. The molecule has 0 aliphatic rings. The maximum Gasteiger partial charge on any atom is 0.249 e. The Morgan fingerprint density at radius 3 is 2.60 bits per heavy atom. The van der Waals surface area contributed by atoms with Crippen LogP contribution in [0.25, 0.3) is 21.8 Å². The van der Waals surface area contributed by atoms with Crippen molar-refractivity contribution in [3.05, 3.63) is 82.9 Å². The third kappa shape index (κ3) is 2.49. The second-order valence-corrected chi connectivity index (χ2v) is 6.50. The van der Waals surface area contributed by atoms with E-state index in [1.165, 1.54) is 16.7 Å². The van der Waals surface area contributed by atoms with Crippen molar-refractivity contribution >= 4 is 27.7 Å². The third-order valence-electron chi connectivity index (χ3n) is 4.89. The van der Waals surface area contributed by atoms with Crippen LogP contribution in [-0.2, 0) is 6.54 Å². The predicted molar refractivity (Wildman–Crippen MR) is 102 cm³/mol. The van der Waals surface area contributed by atoms with Crippen LogP contribution in [0.3, 0.4) is 0 Å². The van der Waals surface area contributed by atoms with E-state index in [0.717, 1.165) is 28.4 Å². The third-order valence-corrected chi connectivity index (χ3v) is 4.89. The summed E-state index contributed by atoms with van der Waals surface area (Å²) in [6, 6.07) is 21.4. The fourth-order valence-electron chi connectivity index (χ4n) is 3.47. The first-order chi connectivity index (χ1) is 12.1.